The maximum absolute atomic E-state index is 12.4. The number of hydrogen-bond donors (Lipinski definition) is 7. The van der Waals surface area contributed by atoms with Gasteiger partial charge in [0.25, 0.3) is 0 Å². The van der Waals surface area contributed by atoms with Crippen molar-refractivity contribution in [1.29, 1.82) is 0 Å². The van der Waals surface area contributed by atoms with Gasteiger partial charge in [0, 0.05) is 18.3 Å². The monoisotopic (exact) mass is 426 g/mol. The SMILES string of the molecule is CC(C)C(NC(=O)C(N)Cc1cnc[nH]1)C(=O)NCC(=O)NC(CC(=O)O)C(=O)O. The zero-order chi connectivity index (χ0) is 22.8. The van der Waals surface area contributed by atoms with Gasteiger partial charge in [-0.2, -0.15) is 0 Å². The molecule has 1 rings (SSSR count). The van der Waals surface area contributed by atoms with Gasteiger partial charge < -0.3 is 36.9 Å². The molecule has 13 heteroatoms. The Morgan fingerprint density at radius 1 is 1.13 bits per heavy atom. The lowest BCUT2D eigenvalue weighted by atomic mass is 10.0. The van der Waals surface area contributed by atoms with E-state index in [1.54, 1.807) is 13.8 Å². The number of carboxylic acid groups (broad SMARTS) is 2. The van der Waals surface area contributed by atoms with Crippen molar-refractivity contribution in [3.05, 3.63) is 18.2 Å². The molecular weight excluding hydrogens is 400 g/mol. The number of H-pyrrole nitrogens is 1. The highest BCUT2D eigenvalue weighted by Crippen LogP contribution is 2.04. The fourth-order valence-corrected chi connectivity index (χ4v) is 2.42. The summed E-state index contributed by atoms with van der Waals surface area (Å²) in [6.45, 7) is 2.76. The highest BCUT2D eigenvalue weighted by Gasteiger charge is 2.28. The van der Waals surface area contributed by atoms with Crippen LogP contribution in [0, 0.1) is 5.92 Å². The van der Waals surface area contributed by atoms with Crippen LogP contribution in [0.4, 0.5) is 0 Å². The summed E-state index contributed by atoms with van der Waals surface area (Å²) in [5, 5.41) is 24.4. The van der Waals surface area contributed by atoms with Crippen LogP contribution in [0.2, 0.25) is 0 Å². The molecule has 0 aliphatic rings. The second-order valence-electron chi connectivity index (χ2n) is 6.89. The normalized spacial score (nSPS) is 13.7. The van der Waals surface area contributed by atoms with Crippen molar-refractivity contribution in [2.75, 3.05) is 6.54 Å². The number of nitrogens with zero attached hydrogens (tertiary/aromatic N) is 1. The number of aromatic nitrogens is 2. The molecule has 3 amide bonds. The molecule has 0 aromatic carbocycles. The van der Waals surface area contributed by atoms with Crippen LogP contribution in [0.25, 0.3) is 0 Å². The second-order valence-corrected chi connectivity index (χ2v) is 6.89. The number of nitrogens with two attached hydrogens (primary N) is 1. The predicted octanol–water partition coefficient (Wildman–Crippen LogP) is -2.42. The molecule has 0 fully saturated rings. The van der Waals surface area contributed by atoms with E-state index in [9.17, 15) is 24.0 Å². The Morgan fingerprint density at radius 2 is 1.80 bits per heavy atom. The third kappa shape index (κ3) is 8.26. The number of rotatable bonds is 12. The summed E-state index contributed by atoms with van der Waals surface area (Å²) in [7, 11) is 0. The van der Waals surface area contributed by atoms with Crippen LogP contribution >= 0.6 is 0 Å². The number of hydrogen-bond acceptors (Lipinski definition) is 7. The maximum Gasteiger partial charge on any atom is 0.326 e. The van der Waals surface area contributed by atoms with E-state index < -0.39 is 60.8 Å². The van der Waals surface area contributed by atoms with Crippen LogP contribution < -0.4 is 21.7 Å². The van der Waals surface area contributed by atoms with E-state index in [1.807, 2.05) is 5.32 Å². The molecule has 1 heterocycles. The highest BCUT2D eigenvalue weighted by molar-refractivity contribution is 5.93. The molecule has 0 saturated heterocycles. The van der Waals surface area contributed by atoms with Gasteiger partial charge in [0.15, 0.2) is 0 Å². The van der Waals surface area contributed by atoms with Gasteiger partial charge in [0.05, 0.1) is 25.3 Å². The molecular formula is C17H26N6O7. The van der Waals surface area contributed by atoms with Crippen LogP contribution in [-0.4, -0.2) is 74.5 Å². The zero-order valence-corrected chi connectivity index (χ0v) is 16.5. The highest BCUT2D eigenvalue weighted by atomic mass is 16.4. The predicted molar refractivity (Wildman–Crippen MR) is 102 cm³/mol. The van der Waals surface area contributed by atoms with Crippen molar-refractivity contribution < 1.29 is 34.2 Å². The van der Waals surface area contributed by atoms with Gasteiger partial charge in [-0.05, 0) is 5.92 Å². The van der Waals surface area contributed by atoms with E-state index in [0.717, 1.165) is 0 Å². The molecule has 1 aromatic rings. The summed E-state index contributed by atoms with van der Waals surface area (Å²) in [5.74, 6) is -5.39. The number of carboxylic acids is 2. The van der Waals surface area contributed by atoms with E-state index in [2.05, 4.69) is 20.6 Å². The van der Waals surface area contributed by atoms with Gasteiger partial charge in [0.1, 0.15) is 12.1 Å². The molecule has 1 aromatic heterocycles. The van der Waals surface area contributed by atoms with Crippen molar-refractivity contribution >= 4 is 29.7 Å². The molecule has 3 unspecified atom stereocenters. The van der Waals surface area contributed by atoms with Crippen LogP contribution in [0.15, 0.2) is 12.5 Å². The minimum absolute atomic E-state index is 0.181. The lowest BCUT2D eigenvalue weighted by molar-refractivity contribution is -0.147. The summed E-state index contributed by atoms with van der Waals surface area (Å²) in [4.78, 5) is 64.8. The summed E-state index contributed by atoms with van der Waals surface area (Å²) in [6.07, 6.45) is 2.34. The third-order valence-corrected chi connectivity index (χ3v) is 4.01. The van der Waals surface area contributed by atoms with Gasteiger partial charge in [-0.25, -0.2) is 9.78 Å². The molecule has 0 spiro atoms. The first-order chi connectivity index (χ1) is 14.0. The largest absolute Gasteiger partial charge is 0.481 e. The topological polar surface area (TPSA) is 217 Å². The molecule has 166 valence electrons. The summed E-state index contributed by atoms with van der Waals surface area (Å²) in [5.41, 5.74) is 6.49. The van der Waals surface area contributed by atoms with Crippen LogP contribution in [0.5, 0.6) is 0 Å². The fourth-order valence-electron chi connectivity index (χ4n) is 2.42. The van der Waals surface area contributed by atoms with Gasteiger partial charge in [-0.15, -0.1) is 0 Å². The van der Waals surface area contributed by atoms with E-state index in [1.165, 1.54) is 12.5 Å². The number of aliphatic carboxylic acids is 2. The Morgan fingerprint density at radius 3 is 2.30 bits per heavy atom. The van der Waals surface area contributed by atoms with Crippen molar-refractivity contribution in [2.24, 2.45) is 11.7 Å². The average molecular weight is 426 g/mol. The van der Waals surface area contributed by atoms with Gasteiger partial charge >= 0.3 is 11.9 Å². The van der Waals surface area contributed by atoms with Gasteiger partial charge in [0.2, 0.25) is 17.7 Å². The minimum atomic E-state index is -1.63. The number of aromatic amines is 1. The Balaban J connectivity index is 2.60. The Labute approximate surface area is 171 Å². The summed E-state index contributed by atoms with van der Waals surface area (Å²) in [6, 6.07) is -3.56. The lowest BCUT2D eigenvalue weighted by Crippen LogP contribution is -2.55. The second kappa shape index (κ2) is 11.5. The molecule has 13 nitrogen and oxygen atoms in total. The van der Waals surface area contributed by atoms with Crippen molar-refractivity contribution in [1.82, 2.24) is 25.9 Å². The standard InChI is InChI=1S/C17H26N6O7/c1-8(2)14(23-15(27)10(18)3-9-5-19-7-21-9)16(28)20-6-12(24)22-11(17(29)30)4-13(25)26/h5,7-8,10-11,14H,3-4,6,18H2,1-2H3,(H,19,21)(H,20,28)(H,22,24)(H,23,27)(H,25,26)(H,29,30). The van der Waals surface area contributed by atoms with Crippen molar-refractivity contribution in [2.45, 2.75) is 44.8 Å². The van der Waals surface area contributed by atoms with Gasteiger partial charge in [-0.1, -0.05) is 13.8 Å². The molecule has 0 aliphatic carbocycles. The first kappa shape index (κ1) is 24.6. The summed E-state index contributed by atoms with van der Waals surface area (Å²) < 4.78 is 0. The first-order valence-corrected chi connectivity index (χ1v) is 9.06. The molecule has 0 radical (unpaired) electrons. The van der Waals surface area contributed by atoms with Crippen molar-refractivity contribution in [3.8, 4) is 0 Å². The average Bonchev–Trinajstić information content (AvgIpc) is 3.15. The molecule has 30 heavy (non-hydrogen) atoms. The quantitative estimate of drug-likeness (QED) is 0.189. The number of nitrogens with one attached hydrogen (secondary N) is 4. The van der Waals surface area contributed by atoms with Crippen molar-refractivity contribution in [3.63, 3.8) is 0 Å². The fraction of sp³-hybridized carbons (Fsp3) is 0.529. The Hall–Kier alpha value is -3.48. The Kier molecular flexibility index (Phi) is 9.42. The van der Waals surface area contributed by atoms with Crippen LogP contribution in [-0.2, 0) is 30.4 Å². The third-order valence-electron chi connectivity index (χ3n) is 4.01. The van der Waals surface area contributed by atoms with E-state index in [-0.39, 0.29) is 12.3 Å². The Bertz CT molecular complexity index is 765. The number of carbonyl (C=O) groups excluding carboxylic acids is 3. The van der Waals surface area contributed by atoms with E-state index >= 15 is 0 Å². The van der Waals surface area contributed by atoms with E-state index in [0.29, 0.717) is 5.69 Å². The number of carbonyl (C=O) groups is 5. The first-order valence-electron chi connectivity index (χ1n) is 9.06. The van der Waals surface area contributed by atoms with Crippen LogP contribution in [0.3, 0.4) is 0 Å². The molecule has 3 atom stereocenters. The minimum Gasteiger partial charge on any atom is -0.481 e. The van der Waals surface area contributed by atoms with Crippen LogP contribution in [0.1, 0.15) is 26.0 Å². The summed E-state index contributed by atoms with van der Waals surface area (Å²) >= 11 is 0. The zero-order valence-electron chi connectivity index (χ0n) is 16.5. The van der Waals surface area contributed by atoms with Gasteiger partial charge in [-0.3, -0.25) is 19.2 Å². The number of imidazole rings is 1. The molecule has 0 bridgehead atoms. The lowest BCUT2D eigenvalue weighted by Gasteiger charge is -2.23. The van der Waals surface area contributed by atoms with E-state index in [4.69, 9.17) is 15.9 Å². The maximum atomic E-state index is 12.4. The molecule has 8 N–H and O–H groups in total. The number of amides is 3. The molecule has 0 saturated carbocycles. The smallest absolute Gasteiger partial charge is 0.326 e. The molecule has 0 aliphatic heterocycles.